The lowest BCUT2D eigenvalue weighted by atomic mass is 10.0. The van der Waals surface area contributed by atoms with Crippen molar-refractivity contribution in [1.82, 2.24) is 5.32 Å². The third-order valence-corrected chi connectivity index (χ3v) is 3.65. The molecule has 1 unspecified atom stereocenters. The van der Waals surface area contributed by atoms with Gasteiger partial charge in [0, 0.05) is 25.3 Å². The van der Waals surface area contributed by atoms with Crippen LogP contribution < -0.4 is 10.2 Å². The van der Waals surface area contributed by atoms with Gasteiger partial charge in [-0.1, -0.05) is 13.8 Å². The number of halogens is 1. The second-order valence-corrected chi connectivity index (χ2v) is 6.04. The molecule has 1 saturated heterocycles. The van der Waals surface area contributed by atoms with E-state index in [1.54, 1.807) is 6.07 Å². The average molecular weight is 280 g/mol. The highest BCUT2D eigenvalue weighted by molar-refractivity contribution is 5.54. The lowest BCUT2D eigenvalue weighted by molar-refractivity contribution is 0.154. The highest BCUT2D eigenvalue weighted by Gasteiger charge is 2.20. The van der Waals surface area contributed by atoms with E-state index in [1.807, 2.05) is 6.07 Å². The van der Waals surface area contributed by atoms with Crippen LogP contribution in [0.1, 0.15) is 32.3 Å². The van der Waals surface area contributed by atoms with Crippen LogP contribution in [0.15, 0.2) is 18.2 Å². The first-order valence-corrected chi connectivity index (χ1v) is 7.48. The molecule has 4 heteroatoms. The Kier molecular flexibility index (Phi) is 5.38. The third kappa shape index (κ3) is 4.18. The summed E-state index contributed by atoms with van der Waals surface area (Å²) >= 11 is 0. The minimum Gasteiger partial charge on any atom is -0.391 e. The van der Waals surface area contributed by atoms with E-state index in [0.29, 0.717) is 19.0 Å². The maximum atomic E-state index is 13.5. The zero-order valence-corrected chi connectivity index (χ0v) is 12.4. The lowest BCUT2D eigenvalue weighted by Gasteiger charge is -2.33. The quantitative estimate of drug-likeness (QED) is 0.870. The van der Waals surface area contributed by atoms with Gasteiger partial charge in [0.25, 0.3) is 0 Å². The molecule has 0 saturated carbocycles. The smallest absolute Gasteiger partial charge is 0.123 e. The number of β-amino-alcohol motifs (C(OH)–C–C–N with tert-alkyl or cyclic N) is 1. The Morgan fingerprint density at radius 1 is 1.45 bits per heavy atom. The summed E-state index contributed by atoms with van der Waals surface area (Å²) in [7, 11) is 0. The van der Waals surface area contributed by atoms with E-state index >= 15 is 0 Å². The summed E-state index contributed by atoms with van der Waals surface area (Å²) in [5.41, 5.74) is 2.01. The first kappa shape index (κ1) is 15.3. The predicted molar refractivity (Wildman–Crippen MR) is 80.4 cm³/mol. The van der Waals surface area contributed by atoms with E-state index < -0.39 is 0 Å². The number of hydrogen-bond donors (Lipinski definition) is 2. The van der Waals surface area contributed by atoms with Crippen molar-refractivity contribution in [3.05, 3.63) is 29.6 Å². The molecule has 1 heterocycles. The molecule has 1 atom stereocenters. The predicted octanol–water partition coefficient (Wildman–Crippen LogP) is 2.53. The Balaban J connectivity index is 2.10. The largest absolute Gasteiger partial charge is 0.391 e. The number of aliphatic hydroxyl groups is 1. The van der Waals surface area contributed by atoms with Gasteiger partial charge in [-0.05, 0) is 49.1 Å². The Labute approximate surface area is 120 Å². The summed E-state index contributed by atoms with van der Waals surface area (Å²) < 4.78 is 13.5. The van der Waals surface area contributed by atoms with Crippen molar-refractivity contribution in [2.75, 3.05) is 24.5 Å². The Morgan fingerprint density at radius 2 is 2.25 bits per heavy atom. The molecule has 0 spiro atoms. The van der Waals surface area contributed by atoms with E-state index in [1.165, 1.54) is 6.07 Å². The molecule has 112 valence electrons. The number of aliphatic hydroxyl groups excluding tert-OH is 1. The van der Waals surface area contributed by atoms with Crippen LogP contribution in [0.3, 0.4) is 0 Å². The summed E-state index contributed by atoms with van der Waals surface area (Å²) in [5, 5.41) is 13.2. The van der Waals surface area contributed by atoms with Crippen molar-refractivity contribution in [3.63, 3.8) is 0 Å². The molecule has 0 bridgehead atoms. The van der Waals surface area contributed by atoms with Crippen molar-refractivity contribution in [3.8, 4) is 0 Å². The van der Waals surface area contributed by atoms with Crippen molar-refractivity contribution in [2.24, 2.45) is 5.92 Å². The molecule has 1 aliphatic heterocycles. The highest BCUT2D eigenvalue weighted by Crippen LogP contribution is 2.25. The minimum absolute atomic E-state index is 0.201. The monoisotopic (exact) mass is 280 g/mol. The first-order valence-electron chi connectivity index (χ1n) is 7.48. The van der Waals surface area contributed by atoms with Crippen LogP contribution in [-0.2, 0) is 6.54 Å². The van der Waals surface area contributed by atoms with E-state index in [4.69, 9.17) is 0 Å². The van der Waals surface area contributed by atoms with E-state index in [0.717, 1.165) is 37.2 Å². The van der Waals surface area contributed by atoms with Crippen LogP contribution in [0.2, 0.25) is 0 Å². The molecule has 1 fully saturated rings. The number of hydrogen-bond acceptors (Lipinski definition) is 3. The molecular weight excluding hydrogens is 255 g/mol. The standard InChI is InChI=1S/C16H25FN2O/c1-12(2)9-18-10-13-8-14(17)5-6-16(13)19-7-3-4-15(20)11-19/h5-6,8,12,15,18,20H,3-4,7,9-11H2,1-2H3. The normalized spacial score (nSPS) is 19.6. The molecule has 2 N–H and O–H groups in total. The van der Waals surface area contributed by atoms with Crippen LogP contribution in [-0.4, -0.2) is 30.8 Å². The van der Waals surface area contributed by atoms with E-state index in [9.17, 15) is 9.50 Å². The van der Waals surface area contributed by atoms with Crippen molar-refractivity contribution in [2.45, 2.75) is 39.3 Å². The third-order valence-electron chi connectivity index (χ3n) is 3.65. The molecule has 0 aliphatic carbocycles. The van der Waals surface area contributed by atoms with Gasteiger partial charge in [-0.3, -0.25) is 0 Å². The molecule has 1 aromatic rings. The zero-order chi connectivity index (χ0) is 14.5. The van der Waals surface area contributed by atoms with Crippen LogP contribution >= 0.6 is 0 Å². The highest BCUT2D eigenvalue weighted by atomic mass is 19.1. The van der Waals surface area contributed by atoms with Crippen LogP contribution in [0.5, 0.6) is 0 Å². The fourth-order valence-electron chi connectivity index (χ4n) is 2.67. The molecule has 1 aromatic carbocycles. The Hall–Kier alpha value is -1.13. The fourth-order valence-corrected chi connectivity index (χ4v) is 2.67. The van der Waals surface area contributed by atoms with Crippen molar-refractivity contribution < 1.29 is 9.50 Å². The maximum absolute atomic E-state index is 13.5. The molecular formula is C16H25FN2O. The second kappa shape index (κ2) is 7.04. The minimum atomic E-state index is -0.273. The number of nitrogens with zero attached hydrogens (tertiary/aromatic N) is 1. The second-order valence-electron chi connectivity index (χ2n) is 6.04. The molecule has 1 aliphatic rings. The fraction of sp³-hybridized carbons (Fsp3) is 0.625. The van der Waals surface area contributed by atoms with Crippen LogP contribution in [0, 0.1) is 11.7 Å². The summed E-state index contributed by atoms with van der Waals surface area (Å²) in [5.74, 6) is 0.372. The number of nitrogens with one attached hydrogen (secondary N) is 1. The van der Waals surface area contributed by atoms with Gasteiger partial charge in [0.15, 0.2) is 0 Å². The van der Waals surface area contributed by atoms with Gasteiger partial charge in [-0.2, -0.15) is 0 Å². The van der Waals surface area contributed by atoms with Crippen molar-refractivity contribution >= 4 is 5.69 Å². The van der Waals surface area contributed by atoms with Crippen LogP contribution in [0.25, 0.3) is 0 Å². The van der Waals surface area contributed by atoms with Crippen molar-refractivity contribution in [1.29, 1.82) is 0 Å². The SMILES string of the molecule is CC(C)CNCc1cc(F)ccc1N1CCCC(O)C1. The summed E-state index contributed by atoms with van der Waals surface area (Å²) in [6, 6.07) is 4.94. The van der Waals surface area contributed by atoms with Crippen LogP contribution in [0.4, 0.5) is 10.1 Å². The molecule has 0 amide bonds. The number of anilines is 1. The van der Waals surface area contributed by atoms with Gasteiger partial charge in [0.05, 0.1) is 6.10 Å². The number of piperidine rings is 1. The number of benzene rings is 1. The van der Waals surface area contributed by atoms with Gasteiger partial charge < -0.3 is 15.3 Å². The molecule has 3 nitrogen and oxygen atoms in total. The van der Waals surface area contributed by atoms with Gasteiger partial charge in [-0.25, -0.2) is 4.39 Å². The van der Waals surface area contributed by atoms with E-state index in [2.05, 4.69) is 24.1 Å². The van der Waals surface area contributed by atoms with Gasteiger partial charge in [-0.15, -0.1) is 0 Å². The van der Waals surface area contributed by atoms with Gasteiger partial charge >= 0.3 is 0 Å². The molecule has 2 rings (SSSR count). The lowest BCUT2D eigenvalue weighted by Crippen LogP contribution is -2.39. The topological polar surface area (TPSA) is 35.5 Å². The first-order chi connectivity index (χ1) is 9.56. The average Bonchev–Trinajstić information content (AvgIpc) is 2.38. The summed E-state index contributed by atoms with van der Waals surface area (Å²) in [4.78, 5) is 2.17. The zero-order valence-electron chi connectivity index (χ0n) is 12.4. The molecule has 0 radical (unpaired) electrons. The Bertz CT molecular complexity index is 436. The van der Waals surface area contributed by atoms with Gasteiger partial charge in [0.1, 0.15) is 5.82 Å². The molecule has 20 heavy (non-hydrogen) atoms. The summed E-state index contributed by atoms with van der Waals surface area (Å²) in [6.45, 7) is 7.46. The Morgan fingerprint density at radius 3 is 2.95 bits per heavy atom. The summed E-state index contributed by atoms with van der Waals surface area (Å²) in [6.07, 6.45) is 1.57. The maximum Gasteiger partial charge on any atom is 0.123 e. The number of rotatable bonds is 5. The van der Waals surface area contributed by atoms with E-state index in [-0.39, 0.29) is 11.9 Å². The van der Waals surface area contributed by atoms with Gasteiger partial charge in [0.2, 0.25) is 0 Å². The molecule has 0 aromatic heterocycles.